The van der Waals surface area contributed by atoms with E-state index in [1.165, 1.54) is 25.1 Å². The highest BCUT2D eigenvalue weighted by Gasteiger charge is 2.16. The molecule has 20 heavy (non-hydrogen) atoms. The lowest BCUT2D eigenvalue weighted by Gasteiger charge is -2.09. The predicted molar refractivity (Wildman–Crippen MR) is 73.1 cm³/mol. The summed E-state index contributed by atoms with van der Waals surface area (Å²) in [7, 11) is 0. The third-order valence-corrected chi connectivity index (χ3v) is 3.50. The number of halogens is 4. The van der Waals surface area contributed by atoms with Crippen LogP contribution in [0.2, 0.25) is 0 Å². The maximum Gasteiger partial charge on any atom is 0.256 e. The Kier molecular flexibility index (Phi) is 4.13. The van der Waals surface area contributed by atoms with Crippen LogP contribution in [0.5, 0.6) is 0 Å². The fourth-order valence-corrected chi connectivity index (χ4v) is 2.06. The molecule has 0 bridgehead atoms. The second-order valence-corrected chi connectivity index (χ2v) is 4.93. The van der Waals surface area contributed by atoms with Crippen molar-refractivity contribution < 1.29 is 18.0 Å². The van der Waals surface area contributed by atoms with Crippen molar-refractivity contribution in [3.63, 3.8) is 0 Å². The van der Waals surface area contributed by atoms with E-state index >= 15 is 0 Å². The van der Waals surface area contributed by atoms with E-state index in [1.54, 1.807) is 0 Å². The first-order valence-electron chi connectivity index (χ1n) is 5.61. The number of benzene rings is 2. The molecule has 0 radical (unpaired) electrons. The number of aryl methyl sites for hydroxylation is 1. The van der Waals surface area contributed by atoms with Gasteiger partial charge in [-0.2, -0.15) is 0 Å². The molecule has 2 rings (SSSR count). The molecule has 0 aliphatic rings. The molecule has 0 heterocycles. The van der Waals surface area contributed by atoms with Gasteiger partial charge in [-0.3, -0.25) is 4.79 Å². The van der Waals surface area contributed by atoms with Crippen molar-refractivity contribution >= 4 is 27.5 Å². The molecule has 104 valence electrons. The summed E-state index contributed by atoms with van der Waals surface area (Å²) < 4.78 is 40.3. The second-order valence-electron chi connectivity index (χ2n) is 4.14. The third kappa shape index (κ3) is 2.85. The van der Waals surface area contributed by atoms with Crippen LogP contribution in [0.1, 0.15) is 15.9 Å². The summed E-state index contributed by atoms with van der Waals surface area (Å²) in [6, 6.07) is 5.75. The minimum atomic E-state index is -0.759. The van der Waals surface area contributed by atoms with Gasteiger partial charge in [0.2, 0.25) is 0 Å². The van der Waals surface area contributed by atoms with Crippen LogP contribution in [0.3, 0.4) is 0 Å². The molecule has 0 aliphatic carbocycles. The Bertz CT molecular complexity index is 688. The molecule has 0 aromatic heterocycles. The smallest absolute Gasteiger partial charge is 0.256 e. The first-order valence-corrected chi connectivity index (χ1v) is 6.40. The zero-order valence-corrected chi connectivity index (χ0v) is 11.9. The van der Waals surface area contributed by atoms with Gasteiger partial charge in [0.05, 0.1) is 15.7 Å². The fourth-order valence-electron chi connectivity index (χ4n) is 1.61. The SMILES string of the molecule is Cc1cc(F)c(NC(=O)c2cccc(F)c2Br)cc1F. The van der Waals surface area contributed by atoms with Crippen molar-refractivity contribution in [3.05, 3.63) is 63.4 Å². The van der Waals surface area contributed by atoms with E-state index < -0.39 is 23.4 Å². The van der Waals surface area contributed by atoms with Crippen LogP contribution in [-0.4, -0.2) is 5.91 Å². The minimum Gasteiger partial charge on any atom is -0.319 e. The van der Waals surface area contributed by atoms with Gasteiger partial charge in [0, 0.05) is 6.07 Å². The molecule has 0 saturated carbocycles. The number of hydrogen-bond acceptors (Lipinski definition) is 1. The van der Waals surface area contributed by atoms with Crippen LogP contribution in [-0.2, 0) is 0 Å². The summed E-state index contributed by atoms with van der Waals surface area (Å²) in [6.45, 7) is 1.41. The van der Waals surface area contributed by atoms with Gasteiger partial charge in [-0.15, -0.1) is 0 Å². The molecular weight excluding hydrogens is 335 g/mol. The first kappa shape index (κ1) is 14.6. The molecule has 6 heteroatoms. The highest BCUT2D eigenvalue weighted by atomic mass is 79.9. The van der Waals surface area contributed by atoms with E-state index in [0.29, 0.717) is 0 Å². The highest BCUT2D eigenvalue weighted by molar-refractivity contribution is 9.10. The lowest BCUT2D eigenvalue weighted by molar-refractivity contribution is 0.102. The molecule has 0 aliphatic heterocycles. The number of rotatable bonds is 2. The van der Waals surface area contributed by atoms with E-state index in [4.69, 9.17) is 0 Å². The Labute approximate surface area is 121 Å². The van der Waals surface area contributed by atoms with Gasteiger partial charge in [0.15, 0.2) is 0 Å². The number of nitrogens with one attached hydrogen (secondary N) is 1. The highest BCUT2D eigenvalue weighted by Crippen LogP contribution is 2.23. The van der Waals surface area contributed by atoms with Crippen LogP contribution in [0, 0.1) is 24.4 Å². The zero-order chi connectivity index (χ0) is 14.9. The summed E-state index contributed by atoms with van der Waals surface area (Å²) in [5.74, 6) is -2.75. The maximum absolute atomic E-state index is 13.6. The van der Waals surface area contributed by atoms with Crippen molar-refractivity contribution in [3.8, 4) is 0 Å². The number of anilines is 1. The topological polar surface area (TPSA) is 29.1 Å². The molecule has 2 nitrogen and oxygen atoms in total. The summed E-state index contributed by atoms with van der Waals surface area (Å²) >= 11 is 2.94. The Morgan fingerprint density at radius 2 is 1.80 bits per heavy atom. The third-order valence-electron chi connectivity index (χ3n) is 2.69. The summed E-state index contributed by atoms with van der Waals surface area (Å²) in [6.07, 6.45) is 0. The van der Waals surface area contributed by atoms with Crippen LogP contribution in [0.15, 0.2) is 34.8 Å². The quantitative estimate of drug-likeness (QED) is 0.858. The molecule has 1 amide bonds. The Hall–Kier alpha value is -1.82. The minimum absolute atomic E-state index is 0.00890. The number of hydrogen-bond donors (Lipinski definition) is 1. The molecule has 0 atom stereocenters. The molecule has 0 fully saturated rings. The summed E-state index contributed by atoms with van der Waals surface area (Å²) in [5, 5.41) is 2.21. The monoisotopic (exact) mass is 343 g/mol. The van der Waals surface area contributed by atoms with Crippen LogP contribution in [0.25, 0.3) is 0 Å². The standard InChI is InChI=1S/C14H9BrF3NO/c1-7-5-11(18)12(6-10(7)17)19-14(20)8-3-2-4-9(16)13(8)15/h2-6H,1H3,(H,19,20). The van der Waals surface area contributed by atoms with Gasteiger partial charge >= 0.3 is 0 Å². The van der Waals surface area contributed by atoms with Gasteiger partial charge in [0.1, 0.15) is 17.5 Å². The van der Waals surface area contributed by atoms with Crippen molar-refractivity contribution in [2.45, 2.75) is 6.92 Å². The van der Waals surface area contributed by atoms with E-state index in [1.807, 2.05) is 0 Å². The van der Waals surface area contributed by atoms with Crippen LogP contribution >= 0.6 is 15.9 Å². The van der Waals surface area contributed by atoms with Gasteiger partial charge in [-0.1, -0.05) is 6.07 Å². The lowest BCUT2D eigenvalue weighted by atomic mass is 10.1. The predicted octanol–water partition coefficient (Wildman–Crippen LogP) is 4.43. The summed E-state index contributed by atoms with van der Waals surface area (Å²) in [4.78, 5) is 11.9. The van der Waals surface area contributed by atoms with Gasteiger partial charge in [0.25, 0.3) is 5.91 Å². The van der Waals surface area contributed by atoms with Gasteiger partial charge in [-0.25, -0.2) is 13.2 Å². The molecule has 0 saturated heterocycles. The Balaban J connectivity index is 2.33. The van der Waals surface area contributed by atoms with E-state index in [9.17, 15) is 18.0 Å². The van der Waals surface area contributed by atoms with E-state index in [-0.39, 0.29) is 21.3 Å². The summed E-state index contributed by atoms with van der Waals surface area (Å²) in [5.41, 5.74) is -0.174. The molecule has 0 spiro atoms. The first-order chi connectivity index (χ1) is 9.40. The van der Waals surface area contributed by atoms with Crippen LogP contribution < -0.4 is 5.32 Å². The van der Waals surface area contributed by atoms with Gasteiger partial charge < -0.3 is 5.32 Å². The van der Waals surface area contributed by atoms with Crippen molar-refractivity contribution in [1.29, 1.82) is 0 Å². The molecule has 2 aromatic rings. The molecule has 0 unspecified atom stereocenters. The van der Waals surface area contributed by atoms with E-state index in [2.05, 4.69) is 21.2 Å². The molecule has 2 aromatic carbocycles. The van der Waals surface area contributed by atoms with Gasteiger partial charge in [-0.05, 0) is 46.6 Å². The number of amides is 1. The zero-order valence-electron chi connectivity index (χ0n) is 10.3. The van der Waals surface area contributed by atoms with Crippen molar-refractivity contribution in [1.82, 2.24) is 0 Å². The lowest BCUT2D eigenvalue weighted by Crippen LogP contribution is -2.14. The average molecular weight is 344 g/mol. The van der Waals surface area contributed by atoms with Crippen LogP contribution in [0.4, 0.5) is 18.9 Å². The van der Waals surface area contributed by atoms with E-state index in [0.717, 1.165) is 12.1 Å². The number of carbonyl (C=O) groups is 1. The largest absolute Gasteiger partial charge is 0.319 e. The fraction of sp³-hybridized carbons (Fsp3) is 0.0714. The van der Waals surface area contributed by atoms with Crippen molar-refractivity contribution in [2.24, 2.45) is 0 Å². The maximum atomic E-state index is 13.6. The Morgan fingerprint density at radius 3 is 2.50 bits per heavy atom. The number of carbonyl (C=O) groups excluding carboxylic acids is 1. The normalized spacial score (nSPS) is 10.4. The molecule has 1 N–H and O–H groups in total. The second kappa shape index (κ2) is 5.66. The van der Waals surface area contributed by atoms with Crippen molar-refractivity contribution in [2.75, 3.05) is 5.32 Å². The Morgan fingerprint density at radius 1 is 1.10 bits per heavy atom. The average Bonchev–Trinajstić information content (AvgIpc) is 2.39. The molecular formula is C14H9BrF3NO.